The molecule has 0 saturated heterocycles. The Morgan fingerprint density at radius 1 is 0.966 bits per heavy atom. The van der Waals surface area contributed by atoms with Gasteiger partial charge in [0.1, 0.15) is 5.75 Å². The number of nitrogens with one attached hydrogen (secondary N) is 1. The van der Waals surface area contributed by atoms with Crippen molar-refractivity contribution in [2.45, 2.75) is 78.1 Å². The van der Waals surface area contributed by atoms with Crippen molar-refractivity contribution in [3.8, 4) is 11.5 Å². The maximum atomic E-state index is 14.1. The standard InChI is InChI=1S/C21H37FNO5P/c1-3-13-28-21-18(2)16-19(17-20(21)22)27-14-11-9-7-5-4-6-8-10-12-15-29(25,26)23-24/h16-17,24H,3-15H2,1-2H3,(H2,23,25,26). The van der Waals surface area contributed by atoms with Gasteiger partial charge in [-0.2, -0.15) is 0 Å². The monoisotopic (exact) mass is 433 g/mol. The van der Waals surface area contributed by atoms with E-state index in [4.69, 9.17) is 19.6 Å². The number of hydrogen-bond donors (Lipinski definition) is 3. The summed E-state index contributed by atoms with van der Waals surface area (Å²) in [6.07, 6.45) is 10.1. The van der Waals surface area contributed by atoms with Crippen LogP contribution in [0, 0.1) is 12.7 Å². The fraction of sp³-hybridized carbons (Fsp3) is 0.714. The summed E-state index contributed by atoms with van der Waals surface area (Å²) in [5.41, 5.74) is 0.753. The maximum absolute atomic E-state index is 14.1. The highest BCUT2D eigenvalue weighted by Crippen LogP contribution is 2.35. The highest BCUT2D eigenvalue weighted by Gasteiger charge is 2.14. The smallest absolute Gasteiger partial charge is 0.289 e. The van der Waals surface area contributed by atoms with Gasteiger partial charge in [0.15, 0.2) is 11.6 Å². The van der Waals surface area contributed by atoms with Gasteiger partial charge in [0, 0.05) is 12.2 Å². The number of aryl methyl sites for hydroxylation is 1. The molecule has 1 aromatic carbocycles. The van der Waals surface area contributed by atoms with Gasteiger partial charge in [0.2, 0.25) is 0 Å². The fourth-order valence-corrected chi connectivity index (χ4v) is 3.83. The molecule has 29 heavy (non-hydrogen) atoms. The van der Waals surface area contributed by atoms with Gasteiger partial charge in [-0.25, -0.2) is 4.39 Å². The molecule has 0 bridgehead atoms. The van der Waals surface area contributed by atoms with Gasteiger partial charge in [0.05, 0.1) is 13.2 Å². The first-order chi connectivity index (χ1) is 13.9. The SMILES string of the molecule is CCCOc1c(C)cc(OCCCCCCCCCCCP(=O)(O)NO)cc1F. The van der Waals surface area contributed by atoms with Gasteiger partial charge in [0.25, 0.3) is 7.52 Å². The second-order valence-electron chi connectivity index (χ2n) is 7.46. The minimum absolute atomic E-state index is 0.113. The van der Waals surface area contributed by atoms with Gasteiger partial charge in [-0.15, -0.1) is 5.25 Å². The highest BCUT2D eigenvalue weighted by atomic mass is 31.2. The van der Waals surface area contributed by atoms with Crippen molar-refractivity contribution in [2.24, 2.45) is 0 Å². The number of unbranched alkanes of at least 4 members (excludes halogenated alkanes) is 8. The van der Waals surface area contributed by atoms with Crippen LogP contribution in [0.5, 0.6) is 11.5 Å². The number of halogens is 1. The van der Waals surface area contributed by atoms with E-state index < -0.39 is 7.52 Å². The molecular formula is C21H37FNO5P. The summed E-state index contributed by atoms with van der Waals surface area (Å²) >= 11 is 0. The van der Waals surface area contributed by atoms with Gasteiger partial charge < -0.3 is 19.6 Å². The first-order valence-corrected chi connectivity index (χ1v) is 12.5. The van der Waals surface area contributed by atoms with Crippen molar-refractivity contribution in [2.75, 3.05) is 19.4 Å². The molecule has 1 atom stereocenters. The molecule has 0 aliphatic rings. The lowest BCUT2D eigenvalue weighted by atomic mass is 10.1. The Labute approximate surface area is 174 Å². The van der Waals surface area contributed by atoms with E-state index in [0.717, 1.165) is 63.4 Å². The lowest BCUT2D eigenvalue weighted by Crippen LogP contribution is -2.06. The lowest BCUT2D eigenvalue weighted by Gasteiger charge is -2.12. The van der Waals surface area contributed by atoms with Crippen LogP contribution >= 0.6 is 7.52 Å². The predicted molar refractivity (Wildman–Crippen MR) is 114 cm³/mol. The molecule has 0 spiro atoms. The summed E-state index contributed by atoms with van der Waals surface area (Å²) in [5, 5.41) is 9.97. The third-order valence-corrected chi connectivity index (χ3v) is 5.92. The van der Waals surface area contributed by atoms with Gasteiger partial charge in [-0.1, -0.05) is 51.9 Å². The van der Waals surface area contributed by atoms with Crippen LogP contribution in [0.15, 0.2) is 12.1 Å². The number of benzene rings is 1. The highest BCUT2D eigenvalue weighted by molar-refractivity contribution is 7.55. The molecule has 0 saturated carbocycles. The molecule has 0 heterocycles. The van der Waals surface area contributed by atoms with Crippen molar-refractivity contribution < 1.29 is 28.5 Å². The second kappa shape index (κ2) is 14.8. The van der Waals surface area contributed by atoms with Crippen LogP contribution in [0.25, 0.3) is 0 Å². The minimum atomic E-state index is -3.52. The number of ether oxygens (including phenoxy) is 2. The van der Waals surface area contributed by atoms with Crippen LogP contribution in [0.2, 0.25) is 0 Å². The normalized spacial score (nSPS) is 13.3. The molecule has 6 nitrogen and oxygen atoms in total. The van der Waals surface area contributed by atoms with Crippen molar-refractivity contribution in [3.63, 3.8) is 0 Å². The molecule has 0 amide bonds. The summed E-state index contributed by atoms with van der Waals surface area (Å²) < 4.78 is 36.4. The van der Waals surface area contributed by atoms with E-state index in [1.807, 2.05) is 19.9 Å². The zero-order chi connectivity index (χ0) is 21.5. The average Bonchev–Trinajstić information content (AvgIpc) is 2.68. The molecule has 168 valence electrons. The Bertz CT molecular complexity index is 606. The number of hydrogen-bond acceptors (Lipinski definition) is 4. The van der Waals surface area contributed by atoms with Crippen LogP contribution in [0.1, 0.15) is 76.7 Å². The number of rotatable bonds is 17. The maximum Gasteiger partial charge on any atom is 0.289 e. The van der Waals surface area contributed by atoms with E-state index in [9.17, 15) is 8.96 Å². The first-order valence-electron chi connectivity index (χ1n) is 10.7. The third-order valence-electron chi connectivity index (χ3n) is 4.68. The Morgan fingerprint density at radius 2 is 1.55 bits per heavy atom. The summed E-state index contributed by atoms with van der Waals surface area (Å²) in [4.78, 5) is 9.17. The zero-order valence-corrected chi connectivity index (χ0v) is 18.7. The summed E-state index contributed by atoms with van der Waals surface area (Å²) in [6, 6.07) is 3.21. The van der Waals surface area contributed by atoms with E-state index in [0.29, 0.717) is 31.1 Å². The van der Waals surface area contributed by atoms with Gasteiger partial charge >= 0.3 is 0 Å². The zero-order valence-electron chi connectivity index (χ0n) is 17.8. The fourth-order valence-electron chi connectivity index (χ4n) is 3.08. The molecule has 8 heteroatoms. The van der Waals surface area contributed by atoms with E-state index in [1.54, 1.807) is 0 Å². The molecule has 0 aromatic heterocycles. The van der Waals surface area contributed by atoms with E-state index in [-0.39, 0.29) is 12.0 Å². The Hall–Kier alpha value is -1.14. The van der Waals surface area contributed by atoms with Crippen molar-refractivity contribution in [3.05, 3.63) is 23.5 Å². The Morgan fingerprint density at radius 3 is 2.10 bits per heavy atom. The van der Waals surface area contributed by atoms with Crippen molar-refractivity contribution in [1.82, 2.24) is 5.25 Å². The van der Waals surface area contributed by atoms with Crippen LogP contribution in [-0.2, 0) is 4.57 Å². The van der Waals surface area contributed by atoms with Crippen LogP contribution in [0.3, 0.4) is 0 Å². The molecule has 0 aliphatic carbocycles. The molecule has 0 radical (unpaired) electrons. The molecule has 3 N–H and O–H groups in total. The topological polar surface area (TPSA) is 88.0 Å². The molecule has 0 aliphatic heterocycles. The summed E-state index contributed by atoms with van der Waals surface area (Å²) in [6.45, 7) is 4.89. The van der Waals surface area contributed by atoms with E-state index in [2.05, 4.69) is 0 Å². The molecule has 0 fully saturated rings. The predicted octanol–water partition coefficient (Wildman–Crippen LogP) is 5.98. The van der Waals surface area contributed by atoms with Crippen LogP contribution in [0.4, 0.5) is 4.39 Å². The molecule has 1 aromatic rings. The minimum Gasteiger partial charge on any atom is -0.493 e. The van der Waals surface area contributed by atoms with Crippen molar-refractivity contribution >= 4 is 7.52 Å². The van der Waals surface area contributed by atoms with Crippen LogP contribution in [-0.4, -0.2) is 29.5 Å². The first kappa shape index (κ1) is 25.9. The second-order valence-corrected chi connectivity index (χ2v) is 9.51. The largest absolute Gasteiger partial charge is 0.493 e. The Balaban J connectivity index is 2.04. The third kappa shape index (κ3) is 11.6. The van der Waals surface area contributed by atoms with Crippen molar-refractivity contribution in [1.29, 1.82) is 0 Å². The van der Waals surface area contributed by atoms with Gasteiger partial charge in [-0.05, 0) is 37.8 Å². The van der Waals surface area contributed by atoms with Crippen LogP contribution < -0.4 is 14.7 Å². The summed E-state index contributed by atoms with van der Waals surface area (Å²) in [5.74, 6) is 0.491. The van der Waals surface area contributed by atoms with E-state index in [1.165, 1.54) is 11.3 Å². The quantitative estimate of drug-likeness (QED) is 0.159. The Kier molecular flexibility index (Phi) is 13.2. The summed E-state index contributed by atoms with van der Waals surface area (Å²) in [7, 11) is -3.52. The average molecular weight is 434 g/mol. The molecule has 1 unspecified atom stereocenters. The van der Waals surface area contributed by atoms with Gasteiger partial charge in [-0.3, -0.25) is 4.57 Å². The lowest BCUT2D eigenvalue weighted by molar-refractivity contribution is 0.222. The molecular weight excluding hydrogens is 396 g/mol. The van der Waals surface area contributed by atoms with E-state index >= 15 is 0 Å². The molecule has 1 rings (SSSR count).